The van der Waals surface area contributed by atoms with Crippen molar-refractivity contribution in [1.82, 2.24) is 4.90 Å². The highest BCUT2D eigenvalue weighted by molar-refractivity contribution is 4.96. The summed E-state index contributed by atoms with van der Waals surface area (Å²) in [6.45, 7) is 4.22. The van der Waals surface area contributed by atoms with E-state index >= 15 is 0 Å². The van der Waals surface area contributed by atoms with Crippen LogP contribution < -0.4 is 0 Å². The molecule has 3 atom stereocenters. The van der Waals surface area contributed by atoms with Crippen LogP contribution in [0.25, 0.3) is 0 Å². The molecule has 2 aliphatic rings. The average molecular weight is 169 g/mol. The van der Waals surface area contributed by atoms with Crippen molar-refractivity contribution in [2.75, 3.05) is 13.1 Å². The van der Waals surface area contributed by atoms with Crippen LogP contribution in [0.5, 0.6) is 0 Å². The van der Waals surface area contributed by atoms with Gasteiger partial charge >= 0.3 is 0 Å². The third-order valence-electron chi connectivity index (χ3n) is 3.47. The number of rotatable bonds is 3. The van der Waals surface area contributed by atoms with Crippen LogP contribution in [0.4, 0.5) is 0 Å². The predicted molar refractivity (Wildman–Crippen MR) is 49.0 cm³/mol. The predicted octanol–water partition coefficient (Wildman–Crippen LogP) is 1.24. The van der Waals surface area contributed by atoms with Crippen LogP contribution in [0.2, 0.25) is 0 Å². The number of fused-ring (bicyclic) bond motifs is 1. The van der Waals surface area contributed by atoms with Gasteiger partial charge in [-0.25, -0.2) is 0 Å². The van der Waals surface area contributed by atoms with Gasteiger partial charge in [-0.1, -0.05) is 13.3 Å². The molecule has 2 heteroatoms. The number of aliphatic hydroxyl groups excluding tert-OH is 1. The molecule has 0 radical (unpaired) electrons. The van der Waals surface area contributed by atoms with Gasteiger partial charge in [0.1, 0.15) is 0 Å². The van der Waals surface area contributed by atoms with E-state index in [0.29, 0.717) is 0 Å². The Kier molecular flexibility index (Phi) is 2.37. The molecule has 1 N–H and O–H groups in total. The topological polar surface area (TPSA) is 23.5 Å². The maximum Gasteiger partial charge on any atom is 0.0664 e. The summed E-state index contributed by atoms with van der Waals surface area (Å²) < 4.78 is 0. The van der Waals surface area contributed by atoms with Crippen LogP contribution in [-0.4, -0.2) is 35.2 Å². The van der Waals surface area contributed by atoms with E-state index in [2.05, 4.69) is 11.8 Å². The lowest BCUT2D eigenvalue weighted by molar-refractivity contribution is -0.00359. The minimum atomic E-state index is -0.0912. The van der Waals surface area contributed by atoms with E-state index in [0.717, 1.165) is 24.9 Å². The number of likely N-dealkylation sites (tertiary alicyclic amines) is 1. The summed E-state index contributed by atoms with van der Waals surface area (Å²) in [5, 5.41) is 9.47. The van der Waals surface area contributed by atoms with E-state index in [1.165, 1.54) is 25.8 Å². The smallest absolute Gasteiger partial charge is 0.0664 e. The molecule has 1 heterocycles. The Morgan fingerprint density at radius 2 is 2.33 bits per heavy atom. The molecule has 2 unspecified atom stereocenters. The van der Waals surface area contributed by atoms with Crippen LogP contribution in [0.3, 0.4) is 0 Å². The molecule has 70 valence electrons. The summed E-state index contributed by atoms with van der Waals surface area (Å²) in [4.78, 5) is 2.46. The monoisotopic (exact) mass is 169 g/mol. The first-order valence-corrected chi connectivity index (χ1v) is 5.23. The lowest BCUT2D eigenvalue weighted by Gasteiger charge is -2.45. The fourth-order valence-electron chi connectivity index (χ4n) is 2.62. The van der Waals surface area contributed by atoms with Gasteiger partial charge in [0.2, 0.25) is 0 Å². The first-order valence-electron chi connectivity index (χ1n) is 5.23. The standard InChI is InChI=1S/C10H19NO/c1-2-9(12)7-11-6-8-4-3-5-10(8)11/h8-10,12H,2-7H2,1H3/t8?,9-,10?/m0/s1. The lowest BCUT2D eigenvalue weighted by Crippen LogP contribution is -2.55. The van der Waals surface area contributed by atoms with Gasteiger partial charge in [-0.3, -0.25) is 4.90 Å². The van der Waals surface area contributed by atoms with Crippen molar-refractivity contribution in [3.05, 3.63) is 0 Å². The summed E-state index contributed by atoms with van der Waals surface area (Å²) in [5.74, 6) is 0.981. The summed E-state index contributed by atoms with van der Waals surface area (Å²) in [7, 11) is 0. The number of hydrogen-bond acceptors (Lipinski definition) is 2. The van der Waals surface area contributed by atoms with E-state index in [9.17, 15) is 5.11 Å². The SMILES string of the molecule is CC[C@H](O)CN1CC2CCCC21. The van der Waals surface area contributed by atoms with E-state index in [4.69, 9.17) is 0 Å². The summed E-state index contributed by atoms with van der Waals surface area (Å²) in [6.07, 6.45) is 5.03. The first-order chi connectivity index (χ1) is 5.81. The highest BCUT2D eigenvalue weighted by Crippen LogP contribution is 2.38. The van der Waals surface area contributed by atoms with Gasteiger partial charge in [-0.2, -0.15) is 0 Å². The van der Waals surface area contributed by atoms with Crippen molar-refractivity contribution < 1.29 is 5.11 Å². The molecule has 12 heavy (non-hydrogen) atoms. The second-order valence-electron chi connectivity index (χ2n) is 4.27. The molecule has 0 aromatic carbocycles. The molecule has 0 aromatic heterocycles. The van der Waals surface area contributed by atoms with Crippen LogP contribution in [-0.2, 0) is 0 Å². The van der Waals surface area contributed by atoms with Crippen molar-refractivity contribution >= 4 is 0 Å². The Hall–Kier alpha value is -0.0800. The Morgan fingerprint density at radius 1 is 1.50 bits per heavy atom. The molecule has 2 rings (SSSR count). The van der Waals surface area contributed by atoms with E-state index in [1.807, 2.05) is 0 Å². The molecule has 0 amide bonds. The number of β-amino-alcohol motifs (C(OH)–C–C–N with tert-alkyl or cyclic N) is 1. The summed E-state index contributed by atoms with van der Waals surface area (Å²) in [5.41, 5.74) is 0. The number of nitrogens with zero attached hydrogens (tertiary/aromatic N) is 1. The van der Waals surface area contributed by atoms with Crippen molar-refractivity contribution in [3.63, 3.8) is 0 Å². The van der Waals surface area contributed by atoms with Crippen LogP contribution in [0.15, 0.2) is 0 Å². The minimum Gasteiger partial charge on any atom is -0.392 e. The summed E-state index contributed by atoms with van der Waals surface area (Å²) >= 11 is 0. The van der Waals surface area contributed by atoms with Crippen LogP contribution in [0, 0.1) is 5.92 Å². The molecule has 1 aliphatic carbocycles. The second kappa shape index (κ2) is 3.35. The van der Waals surface area contributed by atoms with Crippen molar-refractivity contribution in [2.24, 2.45) is 5.92 Å². The van der Waals surface area contributed by atoms with Gasteiger partial charge in [-0.05, 0) is 25.2 Å². The largest absolute Gasteiger partial charge is 0.392 e. The minimum absolute atomic E-state index is 0.0912. The van der Waals surface area contributed by atoms with Gasteiger partial charge in [0.05, 0.1) is 6.10 Å². The Labute approximate surface area is 74.6 Å². The zero-order valence-electron chi connectivity index (χ0n) is 7.87. The Balaban J connectivity index is 1.77. The first kappa shape index (κ1) is 8.52. The molecule has 1 saturated heterocycles. The quantitative estimate of drug-likeness (QED) is 0.687. The van der Waals surface area contributed by atoms with Gasteiger partial charge in [0.15, 0.2) is 0 Å². The third kappa shape index (κ3) is 1.38. The molecule has 1 aliphatic heterocycles. The molecule has 0 bridgehead atoms. The zero-order chi connectivity index (χ0) is 8.55. The van der Waals surface area contributed by atoms with Crippen LogP contribution >= 0.6 is 0 Å². The molecular weight excluding hydrogens is 150 g/mol. The lowest BCUT2D eigenvalue weighted by atomic mass is 9.91. The summed E-state index contributed by atoms with van der Waals surface area (Å²) in [6, 6.07) is 0.839. The molecular formula is C10H19NO. The van der Waals surface area contributed by atoms with Crippen LogP contribution in [0.1, 0.15) is 32.6 Å². The molecule has 0 aromatic rings. The fourth-order valence-corrected chi connectivity index (χ4v) is 2.62. The van der Waals surface area contributed by atoms with Crippen molar-refractivity contribution in [1.29, 1.82) is 0 Å². The fraction of sp³-hybridized carbons (Fsp3) is 1.00. The molecule has 2 nitrogen and oxygen atoms in total. The van der Waals surface area contributed by atoms with Gasteiger partial charge in [-0.15, -0.1) is 0 Å². The second-order valence-corrected chi connectivity index (χ2v) is 4.27. The zero-order valence-corrected chi connectivity index (χ0v) is 7.87. The molecule has 0 spiro atoms. The van der Waals surface area contributed by atoms with Crippen molar-refractivity contribution in [3.8, 4) is 0 Å². The van der Waals surface area contributed by atoms with Gasteiger partial charge in [0, 0.05) is 19.1 Å². The van der Waals surface area contributed by atoms with Gasteiger partial charge < -0.3 is 5.11 Å². The third-order valence-corrected chi connectivity index (χ3v) is 3.47. The maximum absolute atomic E-state index is 9.47. The average Bonchev–Trinajstić information content (AvgIpc) is 2.42. The Morgan fingerprint density at radius 3 is 3.00 bits per heavy atom. The number of aliphatic hydroxyl groups is 1. The van der Waals surface area contributed by atoms with E-state index in [1.54, 1.807) is 0 Å². The highest BCUT2D eigenvalue weighted by Gasteiger charge is 2.41. The van der Waals surface area contributed by atoms with E-state index in [-0.39, 0.29) is 6.10 Å². The molecule has 2 fully saturated rings. The Bertz CT molecular complexity index is 160. The molecule has 1 saturated carbocycles. The normalized spacial score (nSPS) is 37.5. The highest BCUT2D eigenvalue weighted by atomic mass is 16.3. The van der Waals surface area contributed by atoms with Gasteiger partial charge in [0.25, 0.3) is 0 Å². The van der Waals surface area contributed by atoms with Crippen molar-refractivity contribution in [2.45, 2.75) is 44.8 Å². The maximum atomic E-state index is 9.47. The van der Waals surface area contributed by atoms with E-state index < -0.39 is 0 Å². The number of hydrogen-bond donors (Lipinski definition) is 1.